The van der Waals surface area contributed by atoms with Crippen molar-refractivity contribution in [2.45, 2.75) is 56.3 Å². The third-order valence-electron chi connectivity index (χ3n) is 4.16. The van der Waals surface area contributed by atoms with Gasteiger partial charge in [-0.15, -0.1) is 0 Å². The average molecular weight is 251 g/mol. The molecule has 1 saturated carbocycles. The number of ether oxygens (including phenoxy) is 1. The maximum absolute atomic E-state index is 5.96. The highest BCUT2D eigenvalue weighted by Crippen LogP contribution is 2.48. The Labute approximate surface area is 105 Å². The molecule has 1 aliphatic carbocycles. The molecule has 0 aromatic carbocycles. The molecule has 0 amide bonds. The molecule has 3 N–H and O–H groups in total. The molecule has 5 heteroatoms. The highest BCUT2D eigenvalue weighted by Gasteiger charge is 2.41. The molecule has 3 heterocycles. The molecule has 92 valence electrons. The van der Waals surface area contributed by atoms with Crippen LogP contribution in [-0.4, -0.2) is 22.6 Å². The Kier molecular flexibility index (Phi) is 2.14. The van der Waals surface area contributed by atoms with Gasteiger partial charge in [0.2, 0.25) is 0 Å². The third-order valence-corrected chi connectivity index (χ3v) is 4.97. The first-order valence-corrected chi connectivity index (χ1v) is 7.25. The third kappa shape index (κ3) is 1.64. The minimum atomic E-state index is 0.412. The topological polar surface area (TPSA) is 60.2 Å². The Bertz CT molecular complexity index is 443. The first kappa shape index (κ1) is 10.1. The fraction of sp³-hybridized carbons (Fsp3) is 0.750. The van der Waals surface area contributed by atoms with E-state index in [-0.39, 0.29) is 0 Å². The molecular formula is C12H17N3OS. The van der Waals surface area contributed by atoms with Crippen molar-refractivity contribution in [3.8, 4) is 0 Å². The number of rotatable bonds is 3. The van der Waals surface area contributed by atoms with Crippen molar-refractivity contribution in [3.05, 3.63) is 5.56 Å². The lowest BCUT2D eigenvalue weighted by Gasteiger charge is -2.20. The van der Waals surface area contributed by atoms with E-state index in [1.807, 2.05) is 0 Å². The number of nitrogens with two attached hydrogens (primary N) is 1. The van der Waals surface area contributed by atoms with Gasteiger partial charge in [0.15, 0.2) is 0 Å². The zero-order valence-electron chi connectivity index (χ0n) is 9.69. The molecule has 3 atom stereocenters. The lowest BCUT2D eigenvalue weighted by Crippen LogP contribution is -2.30. The Hall–Kier alpha value is -0.810. The molecule has 0 radical (unpaired) electrons. The van der Waals surface area contributed by atoms with Crippen LogP contribution in [0, 0.1) is 0 Å². The number of anilines is 2. The Balaban J connectivity index is 1.55. The molecule has 4 rings (SSSR count). The van der Waals surface area contributed by atoms with E-state index in [4.69, 9.17) is 10.5 Å². The van der Waals surface area contributed by atoms with Gasteiger partial charge in [-0.05, 0) is 49.6 Å². The summed E-state index contributed by atoms with van der Waals surface area (Å²) in [4.78, 5) is 0. The van der Waals surface area contributed by atoms with Crippen molar-refractivity contribution in [1.82, 2.24) is 4.37 Å². The normalized spacial score (nSPS) is 35.4. The summed E-state index contributed by atoms with van der Waals surface area (Å²) in [6, 6.07) is 0.478. The van der Waals surface area contributed by atoms with E-state index in [1.54, 1.807) is 0 Å². The van der Waals surface area contributed by atoms with Crippen molar-refractivity contribution in [2.75, 3.05) is 11.1 Å². The first-order valence-electron chi connectivity index (χ1n) is 6.48. The maximum Gasteiger partial charge on any atom is 0.142 e. The lowest BCUT2D eigenvalue weighted by atomic mass is 9.95. The lowest BCUT2D eigenvalue weighted by molar-refractivity contribution is 0.102. The van der Waals surface area contributed by atoms with Crippen molar-refractivity contribution in [3.63, 3.8) is 0 Å². The molecule has 17 heavy (non-hydrogen) atoms. The zero-order chi connectivity index (χ0) is 11.4. The van der Waals surface area contributed by atoms with Crippen LogP contribution in [0.1, 0.15) is 43.6 Å². The fourth-order valence-electron chi connectivity index (χ4n) is 3.14. The Morgan fingerprint density at radius 3 is 2.82 bits per heavy atom. The van der Waals surface area contributed by atoms with Crippen LogP contribution in [0.25, 0.3) is 0 Å². The van der Waals surface area contributed by atoms with Gasteiger partial charge in [-0.25, -0.2) is 0 Å². The molecular weight excluding hydrogens is 234 g/mol. The number of hydrogen-bond acceptors (Lipinski definition) is 5. The van der Waals surface area contributed by atoms with Crippen LogP contribution >= 0.6 is 11.5 Å². The van der Waals surface area contributed by atoms with E-state index in [1.165, 1.54) is 47.8 Å². The van der Waals surface area contributed by atoms with Gasteiger partial charge in [-0.1, -0.05) is 0 Å². The summed E-state index contributed by atoms with van der Waals surface area (Å²) < 4.78 is 10.2. The largest absolute Gasteiger partial charge is 0.383 e. The number of nitrogen functional groups attached to an aromatic ring is 1. The van der Waals surface area contributed by atoms with Crippen LogP contribution in [-0.2, 0) is 4.74 Å². The average Bonchev–Trinajstić information content (AvgIpc) is 2.78. The van der Waals surface area contributed by atoms with Crippen LogP contribution in [0.15, 0.2) is 0 Å². The van der Waals surface area contributed by atoms with Gasteiger partial charge in [0.25, 0.3) is 0 Å². The summed E-state index contributed by atoms with van der Waals surface area (Å²) in [5.41, 5.74) is 7.24. The van der Waals surface area contributed by atoms with Gasteiger partial charge in [-0.2, -0.15) is 4.37 Å². The second-order valence-electron chi connectivity index (χ2n) is 5.45. The van der Waals surface area contributed by atoms with Gasteiger partial charge in [0.05, 0.1) is 18.2 Å². The summed E-state index contributed by atoms with van der Waals surface area (Å²) in [7, 11) is 0. The minimum absolute atomic E-state index is 0.412. The van der Waals surface area contributed by atoms with Crippen molar-refractivity contribution in [1.29, 1.82) is 0 Å². The summed E-state index contributed by atoms with van der Waals surface area (Å²) in [5.74, 6) is 1.40. The van der Waals surface area contributed by atoms with Gasteiger partial charge in [0.1, 0.15) is 10.8 Å². The molecule has 2 saturated heterocycles. The Morgan fingerprint density at radius 1 is 1.29 bits per heavy atom. The number of nitrogens with one attached hydrogen (secondary N) is 1. The van der Waals surface area contributed by atoms with E-state index in [2.05, 4.69) is 9.69 Å². The molecule has 2 aliphatic heterocycles. The van der Waals surface area contributed by atoms with E-state index in [9.17, 15) is 0 Å². The summed E-state index contributed by atoms with van der Waals surface area (Å²) in [5, 5.41) is 4.83. The van der Waals surface area contributed by atoms with Crippen LogP contribution in [0.5, 0.6) is 0 Å². The van der Waals surface area contributed by atoms with Gasteiger partial charge >= 0.3 is 0 Å². The van der Waals surface area contributed by atoms with E-state index in [0.29, 0.717) is 24.2 Å². The van der Waals surface area contributed by atoms with Crippen molar-refractivity contribution in [2.24, 2.45) is 0 Å². The predicted octanol–water partition coefficient (Wildman–Crippen LogP) is 2.33. The summed E-state index contributed by atoms with van der Waals surface area (Å²) in [6.07, 6.45) is 7.03. The maximum atomic E-state index is 5.96. The minimum Gasteiger partial charge on any atom is -0.383 e. The molecule has 1 aromatic heterocycles. The number of fused-ring (bicyclic) bond motifs is 2. The number of hydrogen-bond donors (Lipinski definition) is 2. The molecule has 3 aliphatic rings. The summed E-state index contributed by atoms with van der Waals surface area (Å²) >= 11 is 1.52. The van der Waals surface area contributed by atoms with E-state index in [0.717, 1.165) is 12.2 Å². The van der Waals surface area contributed by atoms with E-state index >= 15 is 0 Å². The van der Waals surface area contributed by atoms with Crippen LogP contribution in [0.2, 0.25) is 0 Å². The molecule has 4 nitrogen and oxygen atoms in total. The number of aromatic nitrogens is 1. The highest BCUT2D eigenvalue weighted by molar-refractivity contribution is 7.10. The fourth-order valence-corrected chi connectivity index (χ4v) is 4.00. The monoisotopic (exact) mass is 251 g/mol. The SMILES string of the molecule is Nc1nsc(NC2CC3CCC2O3)c1C1CC1. The zero-order valence-corrected chi connectivity index (χ0v) is 10.5. The number of nitrogens with zero attached hydrogens (tertiary/aromatic N) is 1. The quantitative estimate of drug-likeness (QED) is 0.865. The Morgan fingerprint density at radius 2 is 2.18 bits per heavy atom. The van der Waals surface area contributed by atoms with Crippen LogP contribution in [0.3, 0.4) is 0 Å². The summed E-state index contributed by atoms with van der Waals surface area (Å²) in [6.45, 7) is 0. The van der Waals surface area contributed by atoms with Gasteiger partial charge < -0.3 is 15.8 Å². The molecule has 1 aromatic rings. The molecule has 3 fully saturated rings. The van der Waals surface area contributed by atoms with Crippen LogP contribution < -0.4 is 11.1 Å². The second-order valence-corrected chi connectivity index (χ2v) is 6.22. The van der Waals surface area contributed by atoms with Gasteiger partial charge in [-0.3, -0.25) is 0 Å². The predicted molar refractivity (Wildman–Crippen MR) is 68.4 cm³/mol. The van der Waals surface area contributed by atoms with Crippen LogP contribution in [0.4, 0.5) is 10.8 Å². The molecule has 3 unspecified atom stereocenters. The highest BCUT2D eigenvalue weighted by atomic mass is 32.1. The smallest absolute Gasteiger partial charge is 0.142 e. The van der Waals surface area contributed by atoms with Crippen molar-refractivity contribution < 1.29 is 4.74 Å². The standard InChI is InChI=1S/C12H17N3OS/c13-11-10(6-1-2-6)12(17-15-11)14-8-5-7-3-4-9(8)16-7/h6-9,14H,1-5H2,(H2,13,15). The van der Waals surface area contributed by atoms with Crippen molar-refractivity contribution >= 4 is 22.4 Å². The first-order chi connectivity index (χ1) is 8.31. The second kappa shape index (κ2) is 3.59. The van der Waals surface area contributed by atoms with E-state index < -0.39 is 0 Å². The van der Waals surface area contributed by atoms with Gasteiger partial charge in [0, 0.05) is 5.56 Å². The molecule has 2 bridgehead atoms. The molecule has 0 spiro atoms.